The summed E-state index contributed by atoms with van der Waals surface area (Å²) in [6.45, 7) is 5.61. The smallest absolute Gasteiger partial charge is 0.279 e. The number of aliphatic hydroxyl groups excluding tert-OH is 1. The van der Waals surface area contributed by atoms with E-state index in [2.05, 4.69) is 5.32 Å². The number of nitrogens with zero attached hydrogens (tertiary/aromatic N) is 1. The van der Waals surface area contributed by atoms with Gasteiger partial charge in [0.25, 0.3) is 5.91 Å². The summed E-state index contributed by atoms with van der Waals surface area (Å²) in [6, 6.07) is 7.87. The van der Waals surface area contributed by atoms with Crippen molar-refractivity contribution in [1.29, 1.82) is 0 Å². The lowest BCUT2D eigenvalue weighted by atomic mass is 10.2. The molecule has 1 saturated heterocycles. The van der Waals surface area contributed by atoms with Gasteiger partial charge in [-0.1, -0.05) is 0 Å². The molecule has 2 rings (SSSR count). The van der Waals surface area contributed by atoms with Crippen LogP contribution in [0.1, 0.15) is 0 Å². The van der Waals surface area contributed by atoms with E-state index in [1.807, 2.05) is 43.3 Å². The molecule has 0 aromatic heterocycles. The summed E-state index contributed by atoms with van der Waals surface area (Å²) in [5, 5.41) is 11.9. The molecule has 0 atom stereocenters. The Hall–Kier alpha value is -1.63. The maximum absolute atomic E-state index is 12.1. The normalized spacial score (nSPS) is 21.4. The highest BCUT2D eigenvalue weighted by Gasteiger charge is 2.24. The highest BCUT2D eigenvalue weighted by Crippen LogP contribution is 2.15. The van der Waals surface area contributed by atoms with Crippen molar-refractivity contribution in [3.8, 4) is 0 Å². The molecule has 0 saturated carbocycles. The lowest BCUT2D eigenvalue weighted by molar-refractivity contribution is -1.01. The predicted octanol–water partition coefficient (Wildman–Crippen LogP) is -2.53. The fraction of sp³-hybridized carbons (Fsp3) is 0.562. The molecule has 6 heteroatoms. The van der Waals surface area contributed by atoms with Gasteiger partial charge in [0.1, 0.15) is 32.7 Å². The van der Waals surface area contributed by atoms with Crippen LogP contribution in [0.4, 0.5) is 11.4 Å². The van der Waals surface area contributed by atoms with Crippen LogP contribution in [-0.4, -0.2) is 71.0 Å². The Bertz CT molecular complexity index is 468. The van der Waals surface area contributed by atoms with E-state index in [1.165, 1.54) is 9.80 Å². The monoisotopic (exact) mass is 308 g/mol. The molecule has 0 spiro atoms. The highest BCUT2D eigenvalue weighted by molar-refractivity contribution is 5.91. The Morgan fingerprint density at radius 2 is 1.73 bits per heavy atom. The first-order chi connectivity index (χ1) is 10.6. The molecule has 1 aromatic rings. The third-order valence-corrected chi connectivity index (χ3v) is 4.21. The van der Waals surface area contributed by atoms with Crippen molar-refractivity contribution in [1.82, 2.24) is 0 Å². The largest absolute Gasteiger partial charge is 0.391 e. The van der Waals surface area contributed by atoms with Crippen molar-refractivity contribution in [2.45, 2.75) is 0 Å². The van der Waals surface area contributed by atoms with E-state index >= 15 is 0 Å². The number of rotatable bonds is 6. The summed E-state index contributed by atoms with van der Waals surface area (Å²) < 4.78 is 0. The van der Waals surface area contributed by atoms with Crippen LogP contribution >= 0.6 is 0 Å². The molecular weight excluding hydrogens is 280 g/mol. The van der Waals surface area contributed by atoms with Gasteiger partial charge in [0.15, 0.2) is 6.54 Å². The molecule has 1 heterocycles. The molecule has 0 bridgehead atoms. The second-order valence-corrected chi connectivity index (χ2v) is 6.14. The van der Waals surface area contributed by atoms with Gasteiger partial charge in [-0.15, -0.1) is 0 Å². The zero-order chi connectivity index (χ0) is 15.9. The molecule has 22 heavy (non-hydrogen) atoms. The van der Waals surface area contributed by atoms with Crippen LogP contribution in [0.5, 0.6) is 0 Å². The van der Waals surface area contributed by atoms with Gasteiger partial charge in [0, 0.05) is 25.5 Å². The van der Waals surface area contributed by atoms with Crippen LogP contribution in [0.2, 0.25) is 0 Å². The maximum Gasteiger partial charge on any atom is 0.279 e. The lowest BCUT2D eigenvalue weighted by Gasteiger charge is -2.28. The SMILES string of the molecule is CN(C)c1ccc(NC(=O)C[NH+]2CC[NH+](CCO)CC2)cc1. The second kappa shape index (κ2) is 8.12. The summed E-state index contributed by atoms with van der Waals surface area (Å²) in [5.74, 6) is 0.0678. The molecule has 1 fully saturated rings. The lowest BCUT2D eigenvalue weighted by Crippen LogP contribution is -3.28. The van der Waals surface area contributed by atoms with Crippen molar-refractivity contribution in [3.63, 3.8) is 0 Å². The van der Waals surface area contributed by atoms with Crippen LogP contribution in [0.15, 0.2) is 24.3 Å². The fourth-order valence-corrected chi connectivity index (χ4v) is 2.82. The zero-order valence-corrected chi connectivity index (χ0v) is 13.6. The van der Waals surface area contributed by atoms with Crippen molar-refractivity contribution in [2.24, 2.45) is 0 Å². The standard InChI is InChI=1S/C16H26N4O2/c1-18(2)15-5-3-14(4-6-15)17-16(22)13-20-9-7-19(8-10-20)11-12-21/h3-6,21H,7-13H2,1-2H3,(H,17,22)/p+2. The van der Waals surface area contributed by atoms with Crippen molar-refractivity contribution < 1.29 is 19.7 Å². The van der Waals surface area contributed by atoms with Gasteiger partial charge in [0.05, 0.1) is 6.61 Å². The van der Waals surface area contributed by atoms with Gasteiger partial charge in [-0.25, -0.2) is 0 Å². The molecule has 122 valence electrons. The minimum atomic E-state index is 0.0678. The molecule has 6 nitrogen and oxygen atoms in total. The average molecular weight is 308 g/mol. The van der Waals surface area contributed by atoms with Crippen LogP contribution in [0.3, 0.4) is 0 Å². The molecule has 1 aromatic carbocycles. The average Bonchev–Trinajstić information content (AvgIpc) is 2.50. The number of amides is 1. The van der Waals surface area contributed by atoms with Crippen LogP contribution in [-0.2, 0) is 4.79 Å². The molecular formula is C16H28N4O2+2. The van der Waals surface area contributed by atoms with Gasteiger partial charge in [-0.05, 0) is 24.3 Å². The molecule has 1 aliphatic heterocycles. The Morgan fingerprint density at radius 3 is 2.27 bits per heavy atom. The summed E-state index contributed by atoms with van der Waals surface area (Å²) in [6.07, 6.45) is 0. The number of hydrogen-bond acceptors (Lipinski definition) is 3. The van der Waals surface area contributed by atoms with Gasteiger partial charge >= 0.3 is 0 Å². The first kappa shape index (κ1) is 16.7. The third-order valence-electron chi connectivity index (χ3n) is 4.21. The van der Waals surface area contributed by atoms with Gasteiger partial charge in [0.2, 0.25) is 0 Å². The second-order valence-electron chi connectivity index (χ2n) is 6.14. The summed E-state index contributed by atoms with van der Waals surface area (Å²) in [4.78, 5) is 16.9. The number of benzene rings is 1. The molecule has 0 radical (unpaired) electrons. The van der Waals surface area contributed by atoms with E-state index in [-0.39, 0.29) is 12.5 Å². The molecule has 4 N–H and O–H groups in total. The number of carbonyl (C=O) groups excluding carboxylic acids is 1. The number of piperazine rings is 1. The predicted molar refractivity (Wildman–Crippen MR) is 87.6 cm³/mol. The van der Waals surface area contributed by atoms with Gasteiger partial charge in [-0.3, -0.25) is 4.79 Å². The number of anilines is 2. The Morgan fingerprint density at radius 1 is 1.14 bits per heavy atom. The fourth-order valence-electron chi connectivity index (χ4n) is 2.82. The quantitative estimate of drug-likeness (QED) is 0.469. The number of hydrogen-bond donors (Lipinski definition) is 4. The van der Waals surface area contributed by atoms with Crippen LogP contribution < -0.4 is 20.0 Å². The van der Waals surface area contributed by atoms with E-state index in [4.69, 9.17) is 5.11 Å². The van der Waals surface area contributed by atoms with E-state index in [9.17, 15) is 4.79 Å². The van der Waals surface area contributed by atoms with Gasteiger partial charge in [-0.2, -0.15) is 0 Å². The number of quaternary nitrogens is 2. The topological polar surface area (TPSA) is 61.5 Å². The Labute approximate surface area is 132 Å². The molecule has 0 unspecified atom stereocenters. The van der Waals surface area contributed by atoms with Crippen LogP contribution in [0, 0.1) is 0 Å². The Balaban J connectivity index is 1.76. The van der Waals surface area contributed by atoms with E-state index in [1.54, 1.807) is 0 Å². The number of aliphatic hydroxyl groups is 1. The molecule has 0 aliphatic carbocycles. The number of nitrogens with one attached hydrogen (secondary N) is 3. The van der Waals surface area contributed by atoms with E-state index < -0.39 is 0 Å². The van der Waals surface area contributed by atoms with E-state index in [0.717, 1.165) is 44.1 Å². The summed E-state index contributed by atoms with van der Waals surface area (Å²) in [5.41, 5.74) is 1.96. The minimum absolute atomic E-state index is 0.0678. The molecule has 1 amide bonds. The highest BCUT2D eigenvalue weighted by atomic mass is 16.3. The third kappa shape index (κ3) is 4.98. The summed E-state index contributed by atoms with van der Waals surface area (Å²) in [7, 11) is 3.99. The van der Waals surface area contributed by atoms with Crippen molar-refractivity contribution in [2.75, 3.05) is 70.2 Å². The summed E-state index contributed by atoms with van der Waals surface area (Å²) >= 11 is 0. The van der Waals surface area contributed by atoms with Crippen LogP contribution in [0.25, 0.3) is 0 Å². The Kier molecular flexibility index (Phi) is 6.18. The van der Waals surface area contributed by atoms with Crippen molar-refractivity contribution >= 4 is 17.3 Å². The maximum atomic E-state index is 12.1. The first-order valence-corrected chi connectivity index (χ1v) is 7.93. The first-order valence-electron chi connectivity index (χ1n) is 7.93. The molecule has 1 aliphatic rings. The zero-order valence-electron chi connectivity index (χ0n) is 13.6. The van der Waals surface area contributed by atoms with Gasteiger partial charge < -0.3 is 25.1 Å². The minimum Gasteiger partial charge on any atom is -0.391 e. The van der Waals surface area contributed by atoms with E-state index in [0.29, 0.717) is 6.54 Å². The van der Waals surface area contributed by atoms with Crippen molar-refractivity contribution in [3.05, 3.63) is 24.3 Å². The number of carbonyl (C=O) groups is 1.